The molecule has 79 heavy (non-hydrogen) atoms. The van der Waals surface area contributed by atoms with Crippen LogP contribution in [0.1, 0.15) is 118 Å². The SMILES string of the molecule is CCc1cccc2cc(OCOC)cc(-c3ncc4c(N5CC6CCC(C5)N6C(=O)OC(C)(C)C)nc(OCC56CCCN5C(CN5CCC(COC(/C=C/C(C(=O)N7CCCC7C)C(C)C)=N/OC)CC5)CC6)nc4c3F)c12. The number of aryl methyl sites for hydroxylation is 1. The van der Waals surface area contributed by atoms with Crippen LogP contribution in [0.25, 0.3) is 32.9 Å². The van der Waals surface area contributed by atoms with Gasteiger partial charge in [0.2, 0.25) is 11.8 Å². The molecule has 2 aromatic heterocycles. The van der Waals surface area contributed by atoms with Crippen molar-refractivity contribution in [1.29, 1.82) is 0 Å². The predicted octanol–water partition coefficient (Wildman–Crippen LogP) is 10.0. The normalized spacial score (nSPS) is 24.6. The Morgan fingerprint density at radius 3 is 2.43 bits per heavy atom. The van der Waals surface area contributed by atoms with E-state index in [0.29, 0.717) is 66.7 Å². The first-order valence-corrected chi connectivity index (χ1v) is 29.2. The number of nitrogens with zero attached hydrogens (tertiary/aromatic N) is 9. The molecular weight excluding hydrogens is 1010 g/mol. The second-order valence-electron chi connectivity index (χ2n) is 24.4. The molecule has 2 amide bonds. The molecule has 6 saturated heterocycles. The van der Waals surface area contributed by atoms with Crippen molar-refractivity contribution >= 4 is 45.4 Å². The van der Waals surface area contributed by atoms with Gasteiger partial charge in [0.25, 0.3) is 0 Å². The van der Waals surface area contributed by atoms with Gasteiger partial charge in [0, 0.05) is 63.2 Å². The number of pyridine rings is 1. The number of hydrogen-bond donors (Lipinski definition) is 0. The highest BCUT2D eigenvalue weighted by molar-refractivity contribution is 6.02. The van der Waals surface area contributed by atoms with Crippen molar-refractivity contribution in [2.75, 3.05) is 84.9 Å². The lowest BCUT2D eigenvalue weighted by Gasteiger charge is -2.42. The van der Waals surface area contributed by atoms with Crippen LogP contribution in [0.2, 0.25) is 0 Å². The molecule has 18 heteroatoms. The lowest BCUT2D eigenvalue weighted by molar-refractivity contribution is -0.135. The van der Waals surface area contributed by atoms with E-state index >= 15 is 4.39 Å². The Morgan fingerprint density at radius 1 is 0.949 bits per heavy atom. The van der Waals surface area contributed by atoms with E-state index in [-0.39, 0.29) is 71.5 Å². The number of halogens is 1. The molecule has 17 nitrogen and oxygen atoms in total. The number of rotatable bonds is 18. The second kappa shape index (κ2) is 24.1. The molecule has 6 unspecified atom stereocenters. The molecule has 6 aliphatic rings. The molecule has 2 aromatic carbocycles. The van der Waals surface area contributed by atoms with Gasteiger partial charge < -0.3 is 43.2 Å². The summed E-state index contributed by atoms with van der Waals surface area (Å²) in [4.78, 5) is 58.6. The zero-order chi connectivity index (χ0) is 55.6. The first kappa shape index (κ1) is 56.4. The van der Waals surface area contributed by atoms with Crippen molar-refractivity contribution in [3.8, 4) is 23.0 Å². The summed E-state index contributed by atoms with van der Waals surface area (Å²) in [7, 11) is 3.09. The van der Waals surface area contributed by atoms with Gasteiger partial charge in [-0.3, -0.25) is 19.6 Å². The number of carbonyl (C=O) groups excluding carboxylic acids is 2. The maximum atomic E-state index is 17.8. The highest BCUT2D eigenvalue weighted by Gasteiger charge is 2.51. The van der Waals surface area contributed by atoms with Crippen molar-refractivity contribution in [1.82, 2.24) is 34.6 Å². The molecule has 0 radical (unpaired) electrons. The summed E-state index contributed by atoms with van der Waals surface area (Å²) in [5.41, 5.74) is 1.15. The molecule has 0 spiro atoms. The topological polar surface area (TPSA) is 157 Å². The van der Waals surface area contributed by atoms with Gasteiger partial charge >= 0.3 is 12.1 Å². The van der Waals surface area contributed by atoms with Crippen LogP contribution >= 0.6 is 0 Å². The molecule has 6 fully saturated rings. The van der Waals surface area contributed by atoms with Crippen LogP contribution < -0.4 is 14.4 Å². The molecule has 4 aromatic rings. The van der Waals surface area contributed by atoms with Crippen LogP contribution in [-0.4, -0.2) is 168 Å². The fraction of sp³-hybridized carbons (Fsp3) is 0.639. The molecular formula is C61H84FN9O8. The number of hydrogen-bond acceptors (Lipinski definition) is 15. The van der Waals surface area contributed by atoms with Crippen LogP contribution in [0, 0.1) is 23.6 Å². The number of amides is 2. The van der Waals surface area contributed by atoms with Crippen molar-refractivity contribution in [2.24, 2.45) is 22.9 Å². The van der Waals surface area contributed by atoms with Crippen molar-refractivity contribution in [3.63, 3.8) is 0 Å². The fourth-order valence-electron chi connectivity index (χ4n) is 13.6. The van der Waals surface area contributed by atoms with Crippen molar-refractivity contribution in [2.45, 2.75) is 154 Å². The summed E-state index contributed by atoms with van der Waals surface area (Å²) in [5, 5.41) is 6.47. The standard InChI is InChI=1S/C61H84FN9O8/c1-10-42-15-11-16-43-30-47(78-38-74-8)31-49(52(42)43)54-53(62)55-50(32-63-54)56(68-34-45-17-18-46(35-68)71(45)59(73)79-60(5,6)7)65-58(64-55)77-37-61-24-13-27-70(61)44(21-25-61)33-67-28-22-41(23-29-67)36-76-51(66-75-9)20-19-48(39(2)3)57(72)69-26-12-14-40(69)4/h11,15-16,19-20,30-32,39-41,44-46,48H,10,12-14,17-18,21-29,33-38H2,1-9H3/b20-19+,66-51+. The fourth-order valence-corrected chi connectivity index (χ4v) is 13.6. The van der Waals surface area contributed by atoms with E-state index in [0.717, 1.165) is 120 Å². The minimum absolute atomic E-state index is 0.0387. The lowest BCUT2D eigenvalue weighted by atomic mass is 9.93. The Bertz CT molecular complexity index is 2880. The zero-order valence-corrected chi connectivity index (χ0v) is 48.2. The number of methoxy groups -OCH3 is 1. The third-order valence-corrected chi connectivity index (χ3v) is 17.7. The molecule has 6 atom stereocenters. The molecule has 2 bridgehead atoms. The maximum absolute atomic E-state index is 17.8. The van der Waals surface area contributed by atoms with E-state index in [4.69, 9.17) is 43.5 Å². The zero-order valence-electron chi connectivity index (χ0n) is 48.2. The Hall–Kier alpha value is -5.85. The van der Waals surface area contributed by atoms with E-state index in [1.165, 1.54) is 7.11 Å². The number of piperidine rings is 1. The van der Waals surface area contributed by atoms with Crippen LogP contribution in [0.5, 0.6) is 11.8 Å². The van der Waals surface area contributed by atoms with Gasteiger partial charge in [0.15, 0.2) is 12.6 Å². The van der Waals surface area contributed by atoms with Gasteiger partial charge in [-0.15, -0.1) is 0 Å². The van der Waals surface area contributed by atoms with Crippen molar-refractivity contribution in [3.05, 3.63) is 60.1 Å². The van der Waals surface area contributed by atoms with Gasteiger partial charge in [-0.25, -0.2) is 9.18 Å². The number of piperazine rings is 1. The van der Waals surface area contributed by atoms with Crippen LogP contribution in [0.3, 0.4) is 0 Å². The first-order chi connectivity index (χ1) is 38.1. The third-order valence-electron chi connectivity index (χ3n) is 17.7. The third kappa shape index (κ3) is 12.1. The van der Waals surface area contributed by atoms with Crippen LogP contribution in [0.15, 0.2) is 53.8 Å². The van der Waals surface area contributed by atoms with Gasteiger partial charge in [-0.05, 0) is 163 Å². The van der Waals surface area contributed by atoms with Gasteiger partial charge in [-0.1, -0.05) is 45.0 Å². The minimum atomic E-state index is -0.622. The second-order valence-corrected chi connectivity index (χ2v) is 24.4. The highest BCUT2D eigenvalue weighted by Crippen LogP contribution is 2.45. The Morgan fingerprint density at radius 2 is 1.73 bits per heavy atom. The molecule has 428 valence electrons. The van der Waals surface area contributed by atoms with E-state index in [9.17, 15) is 9.59 Å². The number of ether oxygens (including phenoxy) is 5. The summed E-state index contributed by atoms with van der Waals surface area (Å²) < 4.78 is 48.0. The molecule has 10 rings (SSSR count). The maximum Gasteiger partial charge on any atom is 0.410 e. The average Bonchev–Trinajstić information content (AvgIpc) is 4.39. The average molecular weight is 1090 g/mol. The molecule has 0 saturated carbocycles. The Labute approximate surface area is 466 Å². The summed E-state index contributed by atoms with van der Waals surface area (Å²) in [6.45, 7) is 20.8. The number of fused-ring (bicyclic) bond motifs is 5. The number of likely N-dealkylation sites (tertiary alicyclic amines) is 2. The number of benzene rings is 2. The van der Waals surface area contributed by atoms with E-state index < -0.39 is 11.4 Å². The number of oxime groups is 1. The molecule has 0 aliphatic carbocycles. The smallest absolute Gasteiger partial charge is 0.410 e. The number of carbonyl (C=O) groups is 2. The summed E-state index contributed by atoms with van der Waals surface area (Å²) in [6.07, 6.45) is 15.8. The van der Waals surface area contributed by atoms with Gasteiger partial charge in [0.1, 0.15) is 42.1 Å². The number of anilines is 1. The molecule has 0 N–H and O–H groups in total. The quantitative estimate of drug-likeness (QED) is 0.0401. The lowest BCUT2D eigenvalue weighted by Crippen LogP contribution is -2.57. The molecule has 8 heterocycles. The first-order valence-electron chi connectivity index (χ1n) is 29.2. The number of aromatic nitrogens is 3. The van der Waals surface area contributed by atoms with E-state index in [1.54, 1.807) is 13.3 Å². The monoisotopic (exact) mass is 1090 g/mol. The van der Waals surface area contributed by atoms with Gasteiger partial charge in [-0.2, -0.15) is 9.97 Å². The largest absolute Gasteiger partial charge is 0.475 e. The van der Waals surface area contributed by atoms with E-state index in [2.05, 4.69) is 53.6 Å². The van der Waals surface area contributed by atoms with E-state index in [1.807, 2.05) is 67.0 Å². The van der Waals surface area contributed by atoms with Gasteiger partial charge in [0.05, 0.1) is 35.5 Å². The summed E-state index contributed by atoms with van der Waals surface area (Å²) in [5.74, 6) is 1.36. The highest BCUT2D eigenvalue weighted by atomic mass is 19.1. The molecule has 6 aliphatic heterocycles. The Kier molecular flexibility index (Phi) is 17.2. The Balaban J connectivity index is 0.848. The van der Waals surface area contributed by atoms with Crippen molar-refractivity contribution < 1.29 is 42.5 Å². The van der Waals surface area contributed by atoms with Crippen LogP contribution in [0.4, 0.5) is 15.0 Å². The summed E-state index contributed by atoms with van der Waals surface area (Å²) in [6, 6.07) is 10.4. The predicted molar refractivity (Wildman–Crippen MR) is 304 cm³/mol. The minimum Gasteiger partial charge on any atom is -0.475 e. The summed E-state index contributed by atoms with van der Waals surface area (Å²) >= 11 is 0. The van der Waals surface area contributed by atoms with Crippen LogP contribution in [-0.2, 0) is 30.3 Å².